The minimum absolute atomic E-state index is 0. The summed E-state index contributed by atoms with van der Waals surface area (Å²) < 4.78 is 15.8. The lowest BCUT2D eigenvalue weighted by Crippen LogP contribution is -2.41. The average molecular weight is 494 g/mol. The van der Waals surface area contributed by atoms with Crippen LogP contribution in [-0.4, -0.2) is 72.0 Å². The summed E-state index contributed by atoms with van der Waals surface area (Å²) in [6.45, 7) is 7.00. The fourth-order valence-corrected chi connectivity index (χ4v) is 2.44. The molecule has 0 unspecified atom stereocenters. The molecule has 0 saturated heterocycles. The first-order chi connectivity index (χ1) is 12.6. The minimum Gasteiger partial charge on any atom is -0.497 e. The molecule has 0 spiro atoms. The van der Waals surface area contributed by atoms with E-state index >= 15 is 0 Å². The van der Waals surface area contributed by atoms with Crippen LogP contribution in [0.15, 0.2) is 23.2 Å². The summed E-state index contributed by atoms with van der Waals surface area (Å²) in [5.74, 6) is 2.36. The molecule has 1 aromatic carbocycles. The molecule has 0 aromatic heterocycles. The van der Waals surface area contributed by atoms with Crippen molar-refractivity contribution in [1.82, 2.24) is 15.5 Å². The first-order valence-corrected chi connectivity index (χ1v) is 9.05. The lowest BCUT2D eigenvalue weighted by atomic mass is 10.2. The maximum atomic E-state index is 5.43. The number of hydrogen-bond donors (Lipinski definition) is 2. The average Bonchev–Trinajstić information content (AvgIpc) is 2.66. The van der Waals surface area contributed by atoms with E-state index in [0.29, 0.717) is 6.54 Å². The monoisotopic (exact) mass is 494 g/mol. The van der Waals surface area contributed by atoms with Crippen molar-refractivity contribution < 1.29 is 14.2 Å². The van der Waals surface area contributed by atoms with Gasteiger partial charge in [0.25, 0.3) is 0 Å². The van der Waals surface area contributed by atoms with Crippen LogP contribution in [0.25, 0.3) is 0 Å². The SMILES string of the molecule is CCNC(=NCc1ccc(OC)cc1OC)NCCN(C)CCCOC.I. The zero-order valence-corrected chi connectivity index (χ0v) is 19.5. The Hall–Kier alpha value is -1.26. The van der Waals surface area contributed by atoms with Gasteiger partial charge in [0.1, 0.15) is 11.5 Å². The van der Waals surface area contributed by atoms with Crippen molar-refractivity contribution in [2.75, 3.05) is 61.2 Å². The maximum Gasteiger partial charge on any atom is 0.191 e. The zero-order valence-electron chi connectivity index (χ0n) is 17.2. The van der Waals surface area contributed by atoms with E-state index in [4.69, 9.17) is 14.2 Å². The standard InChI is InChI=1S/C19H34N4O3.HI/c1-6-20-19(21-10-12-23(2)11-7-13-24-3)22-15-16-8-9-17(25-4)14-18(16)26-5;/h8-9,14H,6-7,10-13,15H2,1-5H3,(H2,20,21,22);1H. The van der Waals surface area contributed by atoms with Crippen molar-refractivity contribution in [2.45, 2.75) is 19.9 Å². The first-order valence-electron chi connectivity index (χ1n) is 9.05. The third-order valence-electron chi connectivity index (χ3n) is 3.92. The van der Waals surface area contributed by atoms with E-state index in [1.54, 1.807) is 21.3 Å². The molecule has 1 rings (SSSR count). The summed E-state index contributed by atoms with van der Waals surface area (Å²) >= 11 is 0. The van der Waals surface area contributed by atoms with E-state index in [9.17, 15) is 0 Å². The lowest BCUT2D eigenvalue weighted by molar-refractivity contribution is 0.180. The van der Waals surface area contributed by atoms with E-state index in [1.165, 1.54) is 0 Å². The summed E-state index contributed by atoms with van der Waals surface area (Å²) in [4.78, 5) is 6.94. The minimum atomic E-state index is 0. The zero-order chi connectivity index (χ0) is 19.2. The van der Waals surface area contributed by atoms with Gasteiger partial charge in [-0.15, -0.1) is 24.0 Å². The van der Waals surface area contributed by atoms with Crippen LogP contribution >= 0.6 is 24.0 Å². The molecule has 0 aliphatic carbocycles. The van der Waals surface area contributed by atoms with Gasteiger partial charge >= 0.3 is 0 Å². The highest BCUT2D eigenvalue weighted by Gasteiger charge is 2.06. The molecule has 0 aliphatic heterocycles. The van der Waals surface area contributed by atoms with Gasteiger partial charge in [-0.3, -0.25) is 0 Å². The van der Waals surface area contributed by atoms with E-state index in [0.717, 1.165) is 62.2 Å². The molecule has 0 radical (unpaired) electrons. The van der Waals surface area contributed by atoms with Gasteiger partial charge in [0.05, 0.1) is 20.8 Å². The number of guanidine groups is 1. The van der Waals surface area contributed by atoms with Gasteiger partial charge in [-0.05, 0) is 32.5 Å². The van der Waals surface area contributed by atoms with Gasteiger partial charge in [0.2, 0.25) is 0 Å². The van der Waals surface area contributed by atoms with Crippen molar-refractivity contribution >= 4 is 29.9 Å². The topological polar surface area (TPSA) is 67.4 Å². The Balaban J connectivity index is 0.00000676. The number of ether oxygens (including phenoxy) is 3. The van der Waals surface area contributed by atoms with Crippen LogP contribution in [0.2, 0.25) is 0 Å². The molecule has 0 amide bonds. The van der Waals surface area contributed by atoms with E-state index < -0.39 is 0 Å². The van der Waals surface area contributed by atoms with Crippen molar-refractivity contribution in [3.63, 3.8) is 0 Å². The molecule has 0 heterocycles. The van der Waals surface area contributed by atoms with Gasteiger partial charge in [0, 0.05) is 51.5 Å². The fraction of sp³-hybridized carbons (Fsp3) is 0.632. The Kier molecular flexibility index (Phi) is 15.0. The molecular formula is C19H35IN4O3. The summed E-state index contributed by atoms with van der Waals surface area (Å²) in [7, 11) is 7.15. The van der Waals surface area contributed by atoms with Crippen LogP contribution in [0.4, 0.5) is 0 Å². The second-order valence-electron chi connectivity index (χ2n) is 5.95. The van der Waals surface area contributed by atoms with Gasteiger partial charge in [-0.2, -0.15) is 0 Å². The Morgan fingerprint density at radius 1 is 1.11 bits per heavy atom. The number of nitrogens with zero attached hydrogens (tertiary/aromatic N) is 2. The highest BCUT2D eigenvalue weighted by atomic mass is 127. The largest absolute Gasteiger partial charge is 0.497 e. The van der Waals surface area contributed by atoms with Crippen LogP contribution in [-0.2, 0) is 11.3 Å². The molecule has 1 aromatic rings. The highest BCUT2D eigenvalue weighted by Crippen LogP contribution is 2.25. The van der Waals surface area contributed by atoms with Crippen molar-refractivity contribution in [2.24, 2.45) is 4.99 Å². The van der Waals surface area contributed by atoms with Crippen molar-refractivity contribution in [1.29, 1.82) is 0 Å². The first kappa shape index (κ1) is 25.7. The highest BCUT2D eigenvalue weighted by molar-refractivity contribution is 14.0. The molecule has 27 heavy (non-hydrogen) atoms. The third kappa shape index (κ3) is 10.6. The molecule has 0 bridgehead atoms. The number of aliphatic imine (C=N–C) groups is 1. The lowest BCUT2D eigenvalue weighted by Gasteiger charge is -2.18. The number of hydrogen-bond acceptors (Lipinski definition) is 5. The molecule has 0 saturated carbocycles. The van der Waals surface area contributed by atoms with E-state index in [-0.39, 0.29) is 24.0 Å². The van der Waals surface area contributed by atoms with E-state index in [2.05, 4.69) is 34.5 Å². The number of benzene rings is 1. The van der Waals surface area contributed by atoms with Crippen LogP contribution < -0.4 is 20.1 Å². The molecule has 0 atom stereocenters. The van der Waals surface area contributed by atoms with E-state index in [1.807, 2.05) is 18.2 Å². The molecule has 156 valence electrons. The normalized spacial score (nSPS) is 11.1. The second kappa shape index (κ2) is 15.8. The van der Waals surface area contributed by atoms with Gasteiger partial charge in [0.15, 0.2) is 5.96 Å². The molecule has 0 fully saturated rings. The Labute approximate surface area is 180 Å². The van der Waals surface area contributed by atoms with Crippen molar-refractivity contribution in [3.8, 4) is 11.5 Å². The number of nitrogens with one attached hydrogen (secondary N) is 2. The molecule has 8 heteroatoms. The molecular weight excluding hydrogens is 459 g/mol. The Morgan fingerprint density at radius 2 is 1.89 bits per heavy atom. The summed E-state index contributed by atoms with van der Waals surface area (Å²) in [6.07, 6.45) is 1.04. The quantitative estimate of drug-likeness (QED) is 0.201. The number of halogens is 1. The third-order valence-corrected chi connectivity index (χ3v) is 3.92. The van der Waals surface area contributed by atoms with Crippen LogP contribution in [0.5, 0.6) is 11.5 Å². The van der Waals surface area contributed by atoms with Gasteiger partial charge in [-0.1, -0.05) is 0 Å². The fourth-order valence-electron chi connectivity index (χ4n) is 2.44. The molecule has 2 N–H and O–H groups in total. The summed E-state index contributed by atoms with van der Waals surface area (Å²) in [6, 6.07) is 5.77. The van der Waals surface area contributed by atoms with Crippen molar-refractivity contribution in [3.05, 3.63) is 23.8 Å². The van der Waals surface area contributed by atoms with Gasteiger partial charge < -0.3 is 29.7 Å². The predicted octanol–water partition coefficient (Wildman–Crippen LogP) is 2.35. The Morgan fingerprint density at radius 3 is 2.52 bits per heavy atom. The summed E-state index contributed by atoms with van der Waals surface area (Å²) in [5, 5.41) is 6.65. The van der Waals surface area contributed by atoms with Gasteiger partial charge in [-0.25, -0.2) is 4.99 Å². The predicted molar refractivity (Wildman–Crippen MR) is 122 cm³/mol. The van der Waals surface area contributed by atoms with Crippen LogP contribution in [0, 0.1) is 0 Å². The second-order valence-corrected chi connectivity index (χ2v) is 5.95. The summed E-state index contributed by atoms with van der Waals surface area (Å²) in [5.41, 5.74) is 1.02. The maximum absolute atomic E-state index is 5.43. The number of methoxy groups -OCH3 is 3. The number of rotatable bonds is 12. The molecule has 0 aliphatic rings. The van der Waals surface area contributed by atoms with Crippen LogP contribution in [0.1, 0.15) is 18.9 Å². The Bertz CT molecular complexity index is 544. The molecule has 7 nitrogen and oxygen atoms in total. The number of likely N-dealkylation sites (N-methyl/N-ethyl adjacent to an activating group) is 1. The van der Waals surface area contributed by atoms with Crippen LogP contribution in [0.3, 0.4) is 0 Å². The smallest absolute Gasteiger partial charge is 0.191 e.